The van der Waals surface area contributed by atoms with Crippen molar-refractivity contribution in [2.24, 2.45) is 0 Å². The van der Waals surface area contributed by atoms with Gasteiger partial charge >= 0.3 is 0 Å². The summed E-state index contributed by atoms with van der Waals surface area (Å²) < 4.78 is 5.22. The average Bonchev–Trinajstić information content (AvgIpc) is 2.87. The van der Waals surface area contributed by atoms with Crippen molar-refractivity contribution in [3.05, 3.63) is 24.5 Å². The van der Waals surface area contributed by atoms with E-state index in [2.05, 4.69) is 20.1 Å². The fourth-order valence-corrected chi connectivity index (χ4v) is 1.98. The molecule has 0 saturated carbocycles. The van der Waals surface area contributed by atoms with E-state index in [-0.39, 0.29) is 11.8 Å². The lowest BCUT2D eigenvalue weighted by atomic mass is 10.00. The van der Waals surface area contributed by atoms with Crippen LogP contribution in [0.5, 0.6) is 0 Å². The van der Waals surface area contributed by atoms with Gasteiger partial charge in [-0.15, -0.1) is 0 Å². The summed E-state index contributed by atoms with van der Waals surface area (Å²) in [5.74, 6) is 1.28. The molecule has 19 heavy (non-hydrogen) atoms. The second-order valence-electron chi connectivity index (χ2n) is 4.40. The lowest BCUT2D eigenvalue weighted by molar-refractivity contribution is -0.135. The molecule has 3 heterocycles. The first-order chi connectivity index (χ1) is 9.28. The fourth-order valence-electron chi connectivity index (χ4n) is 1.98. The first kappa shape index (κ1) is 11.8. The Kier molecular flexibility index (Phi) is 2.94. The van der Waals surface area contributed by atoms with Gasteiger partial charge in [0.25, 0.3) is 0 Å². The third-order valence-electron chi connectivity index (χ3n) is 3.12. The molecular weight excluding hydrogens is 246 g/mol. The normalized spacial score (nSPS) is 15.3. The maximum absolute atomic E-state index is 11.4. The number of nitrogens with zero attached hydrogens (tertiary/aromatic N) is 5. The monoisotopic (exact) mass is 259 g/mol. The molecule has 1 aliphatic rings. The maximum atomic E-state index is 11.4. The summed E-state index contributed by atoms with van der Waals surface area (Å²) in [5.41, 5.74) is 0.582. The molecule has 0 radical (unpaired) electrons. The maximum Gasteiger partial charge on any atom is 0.233 e. The molecule has 0 unspecified atom stereocenters. The zero-order chi connectivity index (χ0) is 13.2. The van der Waals surface area contributed by atoms with Gasteiger partial charge in [0.15, 0.2) is 0 Å². The molecule has 7 heteroatoms. The quantitative estimate of drug-likeness (QED) is 0.812. The van der Waals surface area contributed by atoms with Crippen molar-refractivity contribution in [3.8, 4) is 11.5 Å². The lowest BCUT2D eigenvalue weighted by Gasteiger charge is -2.36. The van der Waals surface area contributed by atoms with Crippen molar-refractivity contribution in [3.63, 3.8) is 0 Å². The van der Waals surface area contributed by atoms with E-state index in [4.69, 9.17) is 4.52 Å². The highest BCUT2D eigenvalue weighted by Gasteiger charge is 2.34. The minimum absolute atomic E-state index is 0.133. The summed E-state index contributed by atoms with van der Waals surface area (Å²) in [7, 11) is 0. The van der Waals surface area contributed by atoms with Crippen molar-refractivity contribution in [1.29, 1.82) is 0 Å². The topological polar surface area (TPSA) is 85.0 Å². The summed E-state index contributed by atoms with van der Waals surface area (Å²) in [6.45, 7) is 3.15. The van der Waals surface area contributed by atoms with Crippen LogP contribution >= 0.6 is 0 Å². The number of hydrogen-bond donors (Lipinski definition) is 0. The van der Waals surface area contributed by atoms with Gasteiger partial charge in [-0.25, -0.2) is 4.98 Å². The lowest BCUT2D eigenvalue weighted by Crippen LogP contribution is -2.48. The van der Waals surface area contributed by atoms with Crippen LogP contribution < -0.4 is 0 Å². The molecule has 1 aliphatic heterocycles. The fraction of sp³-hybridized carbons (Fsp3) is 0.417. The first-order valence-electron chi connectivity index (χ1n) is 6.15. The van der Waals surface area contributed by atoms with Crippen LogP contribution in [0.1, 0.15) is 25.2 Å². The molecule has 0 aromatic carbocycles. The van der Waals surface area contributed by atoms with Crippen LogP contribution in [0.2, 0.25) is 0 Å². The highest BCUT2D eigenvalue weighted by Crippen LogP contribution is 2.27. The second kappa shape index (κ2) is 4.75. The van der Waals surface area contributed by atoms with E-state index in [9.17, 15) is 4.79 Å². The number of aromatic nitrogens is 4. The zero-order valence-electron chi connectivity index (χ0n) is 10.5. The molecular formula is C12H13N5O2. The Labute approximate surface area is 109 Å². The van der Waals surface area contributed by atoms with E-state index in [1.165, 1.54) is 0 Å². The molecule has 98 valence electrons. The van der Waals surface area contributed by atoms with Gasteiger partial charge in [-0.3, -0.25) is 9.78 Å². The number of hydrogen-bond acceptors (Lipinski definition) is 6. The molecule has 0 bridgehead atoms. The molecule has 1 saturated heterocycles. The van der Waals surface area contributed by atoms with Crippen LogP contribution in [0.25, 0.3) is 11.5 Å². The smallest absolute Gasteiger partial charge is 0.233 e. The van der Waals surface area contributed by atoms with Gasteiger partial charge in [-0.1, -0.05) is 12.1 Å². The molecule has 1 amide bonds. The van der Waals surface area contributed by atoms with Gasteiger partial charge in [-0.2, -0.15) is 4.98 Å². The van der Waals surface area contributed by atoms with E-state index in [0.29, 0.717) is 36.9 Å². The van der Waals surface area contributed by atoms with Crippen LogP contribution in [0.3, 0.4) is 0 Å². The molecule has 0 aliphatic carbocycles. The number of carbonyl (C=O) groups excluding carboxylic acids is 1. The predicted molar refractivity (Wildman–Crippen MR) is 64.9 cm³/mol. The summed E-state index contributed by atoms with van der Waals surface area (Å²) in [4.78, 5) is 25.6. The van der Waals surface area contributed by atoms with Gasteiger partial charge in [0, 0.05) is 31.9 Å². The van der Waals surface area contributed by atoms with Gasteiger partial charge in [-0.05, 0) is 0 Å². The van der Waals surface area contributed by atoms with Crippen LogP contribution in [0.4, 0.5) is 0 Å². The number of amides is 1. The Morgan fingerprint density at radius 2 is 2.32 bits per heavy atom. The molecule has 1 fully saturated rings. The Morgan fingerprint density at radius 1 is 1.47 bits per heavy atom. The van der Waals surface area contributed by atoms with Crippen molar-refractivity contribution >= 4 is 5.91 Å². The van der Waals surface area contributed by atoms with Crippen LogP contribution in [0, 0.1) is 0 Å². The molecule has 0 atom stereocenters. The van der Waals surface area contributed by atoms with Gasteiger partial charge in [0.2, 0.25) is 17.6 Å². The van der Waals surface area contributed by atoms with Crippen molar-refractivity contribution < 1.29 is 9.32 Å². The number of likely N-dealkylation sites (tertiary alicyclic amines) is 1. The Morgan fingerprint density at radius 3 is 3.00 bits per heavy atom. The third kappa shape index (κ3) is 2.18. The van der Waals surface area contributed by atoms with Crippen LogP contribution in [-0.2, 0) is 4.79 Å². The van der Waals surface area contributed by atoms with Crippen molar-refractivity contribution in [2.75, 3.05) is 13.1 Å². The van der Waals surface area contributed by atoms with E-state index in [0.717, 1.165) is 0 Å². The summed E-state index contributed by atoms with van der Waals surface area (Å²) >= 11 is 0. The van der Waals surface area contributed by atoms with Gasteiger partial charge < -0.3 is 9.42 Å². The Balaban J connectivity index is 1.69. The molecule has 0 N–H and O–H groups in total. The van der Waals surface area contributed by atoms with E-state index in [1.54, 1.807) is 23.5 Å². The minimum atomic E-state index is 0.133. The summed E-state index contributed by atoms with van der Waals surface area (Å²) in [5, 5.41) is 3.89. The Bertz CT molecular complexity index is 577. The zero-order valence-corrected chi connectivity index (χ0v) is 10.5. The molecule has 2 aromatic rings. The van der Waals surface area contributed by atoms with E-state index in [1.807, 2.05) is 6.92 Å². The van der Waals surface area contributed by atoms with Crippen LogP contribution in [0.15, 0.2) is 23.1 Å². The Hall–Kier alpha value is -2.31. The van der Waals surface area contributed by atoms with Gasteiger partial charge in [0.05, 0.1) is 12.1 Å². The number of rotatable bonds is 3. The predicted octanol–water partition coefficient (Wildman–Crippen LogP) is 0.862. The van der Waals surface area contributed by atoms with E-state index >= 15 is 0 Å². The molecule has 2 aromatic heterocycles. The van der Waals surface area contributed by atoms with Crippen LogP contribution in [-0.4, -0.2) is 44.0 Å². The third-order valence-corrected chi connectivity index (χ3v) is 3.12. The van der Waals surface area contributed by atoms with Crippen molar-refractivity contribution in [1.82, 2.24) is 25.0 Å². The standard InChI is InChI=1S/C12H13N5O2/c1-2-10(18)17-6-8(7-17)12-15-11(16-19-12)9-5-13-3-4-14-9/h3-5,8H,2,6-7H2,1H3. The minimum Gasteiger partial charge on any atom is -0.341 e. The molecule has 7 nitrogen and oxygen atoms in total. The molecule has 3 rings (SSSR count). The largest absolute Gasteiger partial charge is 0.341 e. The first-order valence-corrected chi connectivity index (χ1v) is 6.15. The van der Waals surface area contributed by atoms with E-state index < -0.39 is 0 Å². The summed E-state index contributed by atoms with van der Waals surface area (Å²) in [6, 6.07) is 0. The highest BCUT2D eigenvalue weighted by atomic mass is 16.5. The van der Waals surface area contributed by atoms with Gasteiger partial charge in [0.1, 0.15) is 5.69 Å². The highest BCUT2D eigenvalue weighted by molar-refractivity contribution is 5.76. The SMILES string of the molecule is CCC(=O)N1CC(c2nc(-c3cnccn3)no2)C1. The average molecular weight is 259 g/mol. The molecule has 0 spiro atoms. The second-order valence-corrected chi connectivity index (χ2v) is 4.40. The summed E-state index contributed by atoms with van der Waals surface area (Å²) in [6.07, 6.45) is 5.28. The number of carbonyl (C=O) groups is 1. The van der Waals surface area contributed by atoms with Crippen molar-refractivity contribution in [2.45, 2.75) is 19.3 Å².